The molecule has 0 heterocycles. The van der Waals surface area contributed by atoms with Crippen molar-refractivity contribution in [1.82, 2.24) is 10.2 Å². The number of amides is 2. The number of nitrogens with one attached hydrogen (secondary N) is 1. The van der Waals surface area contributed by atoms with Gasteiger partial charge in [0.05, 0.1) is 0 Å². The SMILES string of the molecule is CCCCNC(=O)[C@H](C)N(CCc1ccccc1)C(=O)CCSCc1ccccc1. The van der Waals surface area contributed by atoms with Crippen LogP contribution in [-0.2, 0) is 21.8 Å². The Labute approximate surface area is 185 Å². The molecule has 0 aliphatic rings. The van der Waals surface area contributed by atoms with E-state index < -0.39 is 6.04 Å². The molecule has 0 aliphatic heterocycles. The second-order valence-electron chi connectivity index (χ2n) is 7.43. The van der Waals surface area contributed by atoms with Crippen molar-refractivity contribution in [2.24, 2.45) is 0 Å². The molecule has 0 aromatic heterocycles. The fraction of sp³-hybridized carbons (Fsp3) is 0.440. The monoisotopic (exact) mass is 426 g/mol. The molecule has 30 heavy (non-hydrogen) atoms. The highest BCUT2D eigenvalue weighted by atomic mass is 32.2. The van der Waals surface area contributed by atoms with E-state index in [1.807, 2.05) is 43.3 Å². The first-order chi connectivity index (χ1) is 14.6. The Hall–Kier alpha value is -2.27. The molecular weight excluding hydrogens is 392 g/mol. The van der Waals surface area contributed by atoms with Crippen LogP contribution in [0.25, 0.3) is 0 Å². The van der Waals surface area contributed by atoms with Crippen molar-refractivity contribution in [3.8, 4) is 0 Å². The van der Waals surface area contributed by atoms with Crippen molar-refractivity contribution in [2.75, 3.05) is 18.8 Å². The highest BCUT2D eigenvalue weighted by Gasteiger charge is 2.25. The fourth-order valence-electron chi connectivity index (χ4n) is 3.17. The summed E-state index contributed by atoms with van der Waals surface area (Å²) in [5.74, 6) is 1.62. The Balaban J connectivity index is 1.90. The summed E-state index contributed by atoms with van der Waals surface area (Å²) in [5, 5.41) is 2.97. The van der Waals surface area contributed by atoms with E-state index in [0.29, 0.717) is 19.5 Å². The van der Waals surface area contributed by atoms with Crippen LogP contribution in [0.4, 0.5) is 0 Å². The first kappa shape index (κ1) is 24.0. The maximum Gasteiger partial charge on any atom is 0.242 e. The van der Waals surface area contributed by atoms with E-state index in [0.717, 1.165) is 30.8 Å². The molecule has 162 valence electrons. The summed E-state index contributed by atoms with van der Waals surface area (Å²) in [7, 11) is 0. The molecule has 2 aromatic rings. The van der Waals surface area contributed by atoms with Gasteiger partial charge >= 0.3 is 0 Å². The summed E-state index contributed by atoms with van der Waals surface area (Å²) in [6, 6.07) is 19.9. The molecule has 0 saturated heterocycles. The van der Waals surface area contributed by atoms with Crippen LogP contribution in [-0.4, -0.2) is 41.6 Å². The van der Waals surface area contributed by atoms with Crippen LogP contribution in [0.3, 0.4) is 0 Å². The van der Waals surface area contributed by atoms with Gasteiger partial charge < -0.3 is 10.2 Å². The molecule has 2 rings (SSSR count). The molecule has 0 fully saturated rings. The number of nitrogens with zero attached hydrogens (tertiary/aromatic N) is 1. The molecule has 5 heteroatoms. The lowest BCUT2D eigenvalue weighted by Crippen LogP contribution is -2.49. The van der Waals surface area contributed by atoms with Crippen LogP contribution >= 0.6 is 11.8 Å². The number of unbranched alkanes of at least 4 members (excludes halogenated alkanes) is 1. The smallest absolute Gasteiger partial charge is 0.242 e. The lowest BCUT2D eigenvalue weighted by Gasteiger charge is -2.29. The number of hydrogen-bond acceptors (Lipinski definition) is 3. The zero-order valence-electron chi connectivity index (χ0n) is 18.2. The minimum absolute atomic E-state index is 0.0460. The number of benzene rings is 2. The maximum absolute atomic E-state index is 13.0. The first-order valence-corrected chi connectivity index (χ1v) is 12.0. The largest absolute Gasteiger partial charge is 0.354 e. The predicted molar refractivity (Wildman–Crippen MR) is 126 cm³/mol. The van der Waals surface area contributed by atoms with Crippen LogP contribution < -0.4 is 5.32 Å². The number of hydrogen-bond donors (Lipinski definition) is 1. The quantitative estimate of drug-likeness (QED) is 0.473. The van der Waals surface area contributed by atoms with Gasteiger partial charge in [-0.2, -0.15) is 11.8 Å². The topological polar surface area (TPSA) is 49.4 Å². The molecule has 2 aromatic carbocycles. The highest BCUT2D eigenvalue weighted by Crippen LogP contribution is 2.15. The van der Waals surface area contributed by atoms with E-state index in [9.17, 15) is 9.59 Å². The number of carbonyl (C=O) groups excluding carboxylic acids is 2. The third-order valence-corrected chi connectivity index (χ3v) is 6.08. The van der Waals surface area contributed by atoms with Gasteiger partial charge in [0.1, 0.15) is 6.04 Å². The van der Waals surface area contributed by atoms with Gasteiger partial charge in [-0.1, -0.05) is 74.0 Å². The van der Waals surface area contributed by atoms with Gasteiger partial charge in [-0.05, 0) is 30.9 Å². The predicted octanol–water partition coefficient (Wildman–Crippen LogP) is 4.69. The average Bonchev–Trinajstić information content (AvgIpc) is 2.78. The van der Waals surface area contributed by atoms with Gasteiger partial charge in [-0.25, -0.2) is 0 Å². The van der Waals surface area contributed by atoms with Gasteiger partial charge in [-0.15, -0.1) is 0 Å². The number of rotatable bonds is 13. The van der Waals surface area contributed by atoms with Crippen molar-refractivity contribution < 1.29 is 9.59 Å². The van der Waals surface area contributed by atoms with E-state index in [2.05, 4.69) is 36.5 Å². The average molecular weight is 427 g/mol. The fourth-order valence-corrected chi connectivity index (χ4v) is 4.06. The van der Waals surface area contributed by atoms with Gasteiger partial charge in [0.2, 0.25) is 11.8 Å². The standard InChI is InChI=1S/C25H34N2O2S/c1-3-4-17-26-25(29)21(2)27(18-15-22-11-7-5-8-12-22)24(28)16-19-30-20-23-13-9-6-10-14-23/h5-14,21H,3-4,15-20H2,1-2H3,(H,26,29)/t21-/m0/s1. The van der Waals surface area contributed by atoms with E-state index >= 15 is 0 Å². The number of carbonyl (C=O) groups is 2. The van der Waals surface area contributed by atoms with Gasteiger partial charge in [0, 0.05) is 31.0 Å². The Morgan fingerprint density at radius 3 is 2.27 bits per heavy atom. The van der Waals surface area contributed by atoms with E-state index in [-0.39, 0.29) is 11.8 Å². The lowest BCUT2D eigenvalue weighted by atomic mass is 10.1. The van der Waals surface area contributed by atoms with Gasteiger partial charge in [0.25, 0.3) is 0 Å². The molecule has 0 aliphatic carbocycles. The van der Waals surface area contributed by atoms with Crippen molar-refractivity contribution in [1.29, 1.82) is 0 Å². The van der Waals surface area contributed by atoms with Crippen molar-refractivity contribution in [3.63, 3.8) is 0 Å². The Bertz CT molecular complexity index is 752. The first-order valence-electron chi connectivity index (χ1n) is 10.8. The normalized spacial score (nSPS) is 11.7. The molecule has 0 unspecified atom stereocenters. The Morgan fingerprint density at radius 2 is 1.63 bits per heavy atom. The highest BCUT2D eigenvalue weighted by molar-refractivity contribution is 7.98. The van der Waals surface area contributed by atoms with Crippen LogP contribution in [0.15, 0.2) is 60.7 Å². The third-order valence-electron chi connectivity index (χ3n) is 5.05. The summed E-state index contributed by atoms with van der Waals surface area (Å²) >= 11 is 1.76. The summed E-state index contributed by atoms with van der Waals surface area (Å²) in [6.07, 6.45) is 3.17. The van der Waals surface area contributed by atoms with E-state index in [4.69, 9.17) is 0 Å². The molecule has 2 amide bonds. The summed E-state index contributed by atoms with van der Waals surface area (Å²) < 4.78 is 0. The van der Waals surface area contributed by atoms with Crippen molar-refractivity contribution in [2.45, 2.75) is 51.3 Å². The minimum atomic E-state index is -0.461. The molecule has 4 nitrogen and oxygen atoms in total. The lowest BCUT2D eigenvalue weighted by molar-refractivity contribution is -0.139. The molecule has 0 radical (unpaired) electrons. The second-order valence-corrected chi connectivity index (χ2v) is 8.54. The Kier molecular flexibility index (Phi) is 11.1. The van der Waals surface area contributed by atoms with Gasteiger partial charge in [0.15, 0.2) is 0 Å². The molecule has 0 saturated carbocycles. The van der Waals surface area contributed by atoms with Crippen molar-refractivity contribution >= 4 is 23.6 Å². The minimum Gasteiger partial charge on any atom is -0.354 e. The van der Waals surface area contributed by atoms with Gasteiger partial charge in [-0.3, -0.25) is 9.59 Å². The van der Waals surface area contributed by atoms with E-state index in [1.54, 1.807) is 16.7 Å². The molecule has 0 spiro atoms. The zero-order valence-corrected chi connectivity index (χ0v) is 19.0. The third kappa shape index (κ3) is 8.62. The summed E-state index contributed by atoms with van der Waals surface area (Å²) in [5.41, 5.74) is 2.44. The van der Waals surface area contributed by atoms with Crippen LogP contribution in [0, 0.1) is 0 Å². The molecule has 1 atom stereocenters. The Morgan fingerprint density at radius 1 is 1.00 bits per heavy atom. The number of thioether (sulfide) groups is 1. The van der Waals surface area contributed by atoms with Crippen molar-refractivity contribution in [3.05, 3.63) is 71.8 Å². The maximum atomic E-state index is 13.0. The van der Waals surface area contributed by atoms with Crippen LogP contribution in [0.1, 0.15) is 44.2 Å². The van der Waals surface area contributed by atoms with Crippen LogP contribution in [0.2, 0.25) is 0 Å². The second kappa shape index (κ2) is 13.9. The molecule has 0 bridgehead atoms. The molecule has 1 N–H and O–H groups in total. The summed E-state index contributed by atoms with van der Waals surface area (Å²) in [4.78, 5) is 27.3. The summed E-state index contributed by atoms with van der Waals surface area (Å²) in [6.45, 7) is 5.14. The van der Waals surface area contributed by atoms with E-state index in [1.165, 1.54) is 11.1 Å². The zero-order chi connectivity index (χ0) is 21.6. The molecular formula is C25H34N2O2S. The van der Waals surface area contributed by atoms with Crippen LogP contribution in [0.5, 0.6) is 0 Å².